The van der Waals surface area contributed by atoms with E-state index in [1.165, 1.54) is 6.20 Å². The monoisotopic (exact) mass is 285 g/mol. The number of aryl methyl sites for hydroxylation is 2. The van der Waals surface area contributed by atoms with E-state index in [4.69, 9.17) is 23.2 Å². The van der Waals surface area contributed by atoms with Gasteiger partial charge in [0.1, 0.15) is 0 Å². The maximum atomic E-state index is 11.2. The van der Waals surface area contributed by atoms with Crippen LogP contribution in [0.5, 0.6) is 0 Å². The lowest BCUT2D eigenvalue weighted by molar-refractivity contribution is 0.108. The lowest BCUT2D eigenvalue weighted by Gasteiger charge is -2.03. The van der Waals surface area contributed by atoms with Crippen LogP contribution >= 0.6 is 23.2 Å². The number of unbranched alkanes of at least 4 members (excludes halogenated alkanes) is 1. The molecule has 0 fully saturated rings. The number of carbonyl (C=O) groups is 1. The predicted octanol–water partition coefficient (Wildman–Crippen LogP) is 3.57. The van der Waals surface area contributed by atoms with Gasteiger partial charge in [0.25, 0.3) is 5.24 Å². The molecule has 0 bridgehead atoms. The van der Waals surface area contributed by atoms with Crippen LogP contribution in [0.2, 0.25) is 5.02 Å². The van der Waals surface area contributed by atoms with Crippen LogP contribution in [-0.4, -0.2) is 20.0 Å². The fourth-order valence-corrected chi connectivity index (χ4v) is 2.42. The molecular weight excluding hydrogens is 273 g/mol. The van der Waals surface area contributed by atoms with E-state index >= 15 is 0 Å². The molecule has 96 valence electrons. The highest BCUT2D eigenvalue weighted by molar-refractivity contribution is 6.69. The number of aromatic nitrogens is 3. The predicted molar refractivity (Wildman–Crippen MR) is 72.4 cm³/mol. The van der Waals surface area contributed by atoms with Crippen LogP contribution < -0.4 is 0 Å². The van der Waals surface area contributed by atoms with E-state index in [9.17, 15) is 4.79 Å². The van der Waals surface area contributed by atoms with Crippen molar-refractivity contribution in [3.8, 4) is 0 Å². The lowest BCUT2D eigenvalue weighted by Crippen LogP contribution is -2.01. The summed E-state index contributed by atoms with van der Waals surface area (Å²) in [5.41, 5.74) is 1.69. The summed E-state index contributed by atoms with van der Waals surface area (Å²) in [6, 6.07) is 0. The number of fused-ring (bicyclic) bond motifs is 1. The van der Waals surface area contributed by atoms with Gasteiger partial charge in [-0.1, -0.05) is 24.9 Å². The molecule has 0 unspecified atom stereocenters. The van der Waals surface area contributed by atoms with Crippen molar-refractivity contribution in [3.05, 3.63) is 22.5 Å². The molecular formula is C12H13Cl2N3O. The molecule has 0 aliphatic carbocycles. The third-order valence-corrected chi connectivity index (χ3v) is 3.40. The highest BCUT2D eigenvalue weighted by atomic mass is 35.5. The highest BCUT2D eigenvalue weighted by Gasteiger charge is 2.17. The van der Waals surface area contributed by atoms with Gasteiger partial charge in [0.2, 0.25) is 0 Å². The third kappa shape index (κ3) is 2.22. The summed E-state index contributed by atoms with van der Waals surface area (Å²) < 4.78 is 1.82. The second kappa shape index (κ2) is 5.24. The van der Waals surface area contributed by atoms with Crippen molar-refractivity contribution < 1.29 is 4.79 Å². The van der Waals surface area contributed by atoms with Crippen molar-refractivity contribution in [2.24, 2.45) is 0 Å². The third-order valence-electron chi connectivity index (χ3n) is 2.81. The summed E-state index contributed by atoms with van der Waals surface area (Å²) in [6.45, 7) is 4.75. The van der Waals surface area contributed by atoms with Gasteiger partial charge in [-0.25, -0.2) is 9.67 Å². The number of carbonyl (C=O) groups excluding carboxylic acids is 1. The molecule has 0 aromatic carbocycles. The Hall–Kier alpha value is -1.13. The molecule has 2 aromatic heterocycles. The fourth-order valence-electron chi connectivity index (χ4n) is 1.88. The molecule has 0 atom stereocenters. The van der Waals surface area contributed by atoms with E-state index in [1.807, 2.05) is 11.6 Å². The summed E-state index contributed by atoms with van der Waals surface area (Å²) in [4.78, 5) is 15.5. The minimum absolute atomic E-state index is 0.226. The molecule has 0 aliphatic rings. The Morgan fingerprint density at radius 1 is 1.50 bits per heavy atom. The first-order valence-corrected chi connectivity index (χ1v) is 6.53. The maximum absolute atomic E-state index is 11.2. The van der Waals surface area contributed by atoms with E-state index in [0.717, 1.165) is 25.1 Å². The normalized spacial score (nSPS) is 11.1. The Balaban J connectivity index is 2.61. The molecule has 2 aromatic rings. The molecule has 0 saturated heterocycles. The molecule has 2 rings (SSSR count). The SMILES string of the molecule is CCCCn1nc(C)c2c(Cl)c(C(=O)Cl)cnc21. The molecule has 0 spiro atoms. The summed E-state index contributed by atoms with van der Waals surface area (Å²) in [6.07, 6.45) is 3.50. The Kier molecular flexibility index (Phi) is 3.88. The van der Waals surface area contributed by atoms with Crippen LogP contribution in [0.4, 0.5) is 0 Å². The fraction of sp³-hybridized carbons (Fsp3) is 0.417. The Morgan fingerprint density at radius 2 is 2.22 bits per heavy atom. The number of hydrogen-bond acceptors (Lipinski definition) is 3. The van der Waals surface area contributed by atoms with Crippen molar-refractivity contribution >= 4 is 39.5 Å². The summed E-state index contributed by atoms with van der Waals surface area (Å²) >= 11 is 11.7. The first-order chi connectivity index (χ1) is 8.56. The molecule has 0 N–H and O–H groups in total. The van der Waals surface area contributed by atoms with Crippen molar-refractivity contribution in [3.63, 3.8) is 0 Å². The van der Waals surface area contributed by atoms with Gasteiger partial charge in [0, 0.05) is 12.7 Å². The average Bonchev–Trinajstić information content (AvgIpc) is 2.64. The van der Waals surface area contributed by atoms with Gasteiger partial charge in [-0.3, -0.25) is 4.79 Å². The summed E-state index contributed by atoms with van der Waals surface area (Å²) in [5.74, 6) is 0. The van der Waals surface area contributed by atoms with Crippen LogP contribution in [-0.2, 0) is 6.54 Å². The van der Waals surface area contributed by atoms with Gasteiger partial charge in [-0.2, -0.15) is 5.10 Å². The molecule has 2 heterocycles. The van der Waals surface area contributed by atoms with E-state index in [0.29, 0.717) is 16.1 Å². The first-order valence-electron chi connectivity index (χ1n) is 5.77. The standard InChI is InChI=1S/C12H13Cl2N3O/c1-3-4-5-17-12-9(7(2)16-17)10(13)8(6-15-12)11(14)18/h6H,3-5H2,1-2H3. The van der Waals surface area contributed by atoms with E-state index in [-0.39, 0.29) is 5.56 Å². The summed E-state index contributed by atoms with van der Waals surface area (Å²) in [5, 5.41) is 4.84. The van der Waals surface area contributed by atoms with Gasteiger partial charge in [-0.05, 0) is 24.9 Å². The lowest BCUT2D eigenvalue weighted by atomic mass is 10.2. The van der Waals surface area contributed by atoms with Gasteiger partial charge in [0.15, 0.2) is 5.65 Å². The Labute approximate surface area is 115 Å². The van der Waals surface area contributed by atoms with Crippen molar-refractivity contribution in [1.29, 1.82) is 0 Å². The minimum Gasteiger partial charge on any atom is -0.275 e. The highest BCUT2D eigenvalue weighted by Crippen LogP contribution is 2.29. The van der Waals surface area contributed by atoms with Gasteiger partial charge in [0.05, 0.1) is 21.7 Å². The zero-order valence-corrected chi connectivity index (χ0v) is 11.7. The molecule has 4 nitrogen and oxygen atoms in total. The van der Waals surface area contributed by atoms with Gasteiger partial charge < -0.3 is 0 Å². The number of nitrogens with zero attached hydrogens (tertiary/aromatic N) is 3. The second-order valence-electron chi connectivity index (χ2n) is 4.12. The number of rotatable bonds is 4. The zero-order valence-electron chi connectivity index (χ0n) is 10.2. The largest absolute Gasteiger partial charge is 0.275 e. The smallest absolute Gasteiger partial charge is 0.255 e. The van der Waals surface area contributed by atoms with Crippen molar-refractivity contribution in [1.82, 2.24) is 14.8 Å². The second-order valence-corrected chi connectivity index (χ2v) is 4.84. The number of halogens is 2. The number of pyridine rings is 1. The van der Waals surface area contributed by atoms with Gasteiger partial charge in [-0.15, -0.1) is 0 Å². The van der Waals surface area contributed by atoms with Gasteiger partial charge >= 0.3 is 0 Å². The van der Waals surface area contributed by atoms with Crippen molar-refractivity contribution in [2.45, 2.75) is 33.2 Å². The minimum atomic E-state index is -0.602. The molecule has 6 heteroatoms. The van der Waals surface area contributed by atoms with E-state index < -0.39 is 5.24 Å². The Bertz CT molecular complexity index is 607. The molecule has 0 amide bonds. The average molecular weight is 286 g/mol. The molecule has 0 saturated carbocycles. The first kappa shape index (κ1) is 13.3. The topological polar surface area (TPSA) is 47.8 Å². The zero-order chi connectivity index (χ0) is 13.3. The van der Waals surface area contributed by atoms with E-state index in [1.54, 1.807) is 0 Å². The Morgan fingerprint density at radius 3 is 2.83 bits per heavy atom. The molecule has 0 aliphatic heterocycles. The number of hydrogen-bond donors (Lipinski definition) is 0. The molecule has 0 radical (unpaired) electrons. The van der Waals surface area contributed by atoms with Crippen LogP contribution in [0.15, 0.2) is 6.20 Å². The van der Waals surface area contributed by atoms with Crippen LogP contribution in [0, 0.1) is 6.92 Å². The van der Waals surface area contributed by atoms with E-state index in [2.05, 4.69) is 17.0 Å². The quantitative estimate of drug-likeness (QED) is 0.807. The van der Waals surface area contributed by atoms with Crippen LogP contribution in [0.25, 0.3) is 11.0 Å². The molecule has 18 heavy (non-hydrogen) atoms. The van der Waals surface area contributed by atoms with Crippen LogP contribution in [0.1, 0.15) is 35.8 Å². The maximum Gasteiger partial charge on any atom is 0.255 e. The van der Waals surface area contributed by atoms with Crippen molar-refractivity contribution in [2.75, 3.05) is 0 Å². The summed E-state index contributed by atoms with van der Waals surface area (Å²) in [7, 11) is 0. The van der Waals surface area contributed by atoms with Crippen LogP contribution in [0.3, 0.4) is 0 Å².